The molecule has 1 aliphatic heterocycles. The van der Waals surface area contributed by atoms with Crippen molar-refractivity contribution in [2.45, 2.75) is 6.92 Å². The summed E-state index contributed by atoms with van der Waals surface area (Å²) in [6.45, 7) is 2.12. The standard InChI is InChI=1S/C14H14N4O/c1-9-6-7-10(15)14(16-9)18-8-13(19)17-11-4-2-3-5-12(11)18/h2-7H,8,15H2,1H3,(H,17,19). The van der Waals surface area contributed by atoms with Crippen molar-refractivity contribution < 1.29 is 4.79 Å². The zero-order valence-electron chi connectivity index (χ0n) is 10.6. The van der Waals surface area contributed by atoms with Crippen molar-refractivity contribution in [3.63, 3.8) is 0 Å². The predicted octanol–water partition coefficient (Wildman–Crippen LogP) is 2.06. The number of para-hydroxylation sites is 2. The molecule has 2 heterocycles. The van der Waals surface area contributed by atoms with Crippen molar-refractivity contribution >= 4 is 28.8 Å². The van der Waals surface area contributed by atoms with E-state index in [0.29, 0.717) is 11.5 Å². The average Bonchev–Trinajstić information content (AvgIpc) is 2.40. The number of nitrogens with one attached hydrogen (secondary N) is 1. The number of fused-ring (bicyclic) bond motifs is 1. The highest BCUT2D eigenvalue weighted by molar-refractivity contribution is 6.03. The highest BCUT2D eigenvalue weighted by atomic mass is 16.2. The van der Waals surface area contributed by atoms with Crippen molar-refractivity contribution in [1.82, 2.24) is 4.98 Å². The third kappa shape index (κ3) is 1.99. The fourth-order valence-electron chi connectivity index (χ4n) is 2.19. The number of nitrogens with two attached hydrogens (primary N) is 1. The van der Waals surface area contributed by atoms with E-state index in [2.05, 4.69) is 10.3 Å². The van der Waals surface area contributed by atoms with Gasteiger partial charge in [-0.1, -0.05) is 12.1 Å². The quantitative estimate of drug-likeness (QED) is 0.817. The van der Waals surface area contributed by atoms with Crippen LogP contribution in [0.15, 0.2) is 36.4 Å². The van der Waals surface area contributed by atoms with Gasteiger partial charge >= 0.3 is 0 Å². The number of carbonyl (C=O) groups is 1. The van der Waals surface area contributed by atoms with Gasteiger partial charge in [0.2, 0.25) is 5.91 Å². The smallest absolute Gasteiger partial charge is 0.244 e. The average molecular weight is 254 g/mol. The van der Waals surface area contributed by atoms with Gasteiger partial charge in [0.25, 0.3) is 0 Å². The van der Waals surface area contributed by atoms with Gasteiger partial charge in [0, 0.05) is 5.69 Å². The topological polar surface area (TPSA) is 71.2 Å². The van der Waals surface area contributed by atoms with Crippen LogP contribution in [0.4, 0.5) is 22.9 Å². The first-order valence-corrected chi connectivity index (χ1v) is 6.05. The first-order valence-electron chi connectivity index (χ1n) is 6.05. The van der Waals surface area contributed by atoms with E-state index in [4.69, 9.17) is 5.73 Å². The minimum absolute atomic E-state index is 0.0681. The molecule has 0 unspecified atom stereocenters. The predicted molar refractivity (Wildman–Crippen MR) is 75.5 cm³/mol. The molecular formula is C14H14N4O. The number of pyridine rings is 1. The van der Waals surface area contributed by atoms with Crippen LogP contribution in [0, 0.1) is 6.92 Å². The number of aromatic nitrogens is 1. The third-order valence-corrected chi connectivity index (χ3v) is 3.07. The zero-order valence-corrected chi connectivity index (χ0v) is 10.6. The highest BCUT2D eigenvalue weighted by Gasteiger charge is 2.24. The van der Waals surface area contributed by atoms with Crippen molar-refractivity contribution in [2.75, 3.05) is 22.5 Å². The Morgan fingerprint density at radius 2 is 2.05 bits per heavy atom. The molecule has 1 aromatic carbocycles. The van der Waals surface area contributed by atoms with E-state index >= 15 is 0 Å². The van der Waals surface area contributed by atoms with Crippen LogP contribution in [0.2, 0.25) is 0 Å². The van der Waals surface area contributed by atoms with Crippen molar-refractivity contribution in [2.24, 2.45) is 0 Å². The monoisotopic (exact) mass is 254 g/mol. The summed E-state index contributed by atoms with van der Waals surface area (Å²) in [6, 6.07) is 11.3. The SMILES string of the molecule is Cc1ccc(N)c(N2CC(=O)Nc3ccccc32)n1. The minimum atomic E-state index is -0.0681. The molecule has 1 amide bonds. The lowest BCUT2D eigenvalue weighted by atomic mass is 10.2. The largest absolute Gasteiger partial charge is 0.396 e. The van der Waals surface area contributed by atoms with Gasteiger partial charge in [0.05, 0.1) is 17.1 Å². The number of benzene rings is 1. The molecule has 19 heavy (non-hydrogen) atoms. The van der Waals surface area contributed by atoms with Crippen LogP contribution in [0.25, 0.3) is 0 Å². The lowest BCUT2D eigenvalue weighted by molar-refractivity contribution is -0.115. The second-order valence-corrected chi connectivity index (χ2v) is 4.52. The second-order valence-electron chi connectivity index (χ2n) is 4.52. The van der Waals surface area contributed by atoms with E-state index in [1.54, 1.807) is 0 Å². The van der Waals surface area contributed by atoms with Gasteiger partial charge in [-0.05, 0) is 31.2 Å². The molecule has 0 saturated heterocycles. The molecule has 3 N–H and O–H groups in total. The van der Waals surface area contributed by atoms with E-state index in [0.717, 1.165) is 17.1 Å². The molecule has 0 aliphatic carbocycles. The van der Waals surface area contributed by atoms with Crippen molar-refractivity contribution in [3.05, 3.63) is 42.1 Å². The second kappa shape index (κ2) is 4.28. The summed E-state index contributed by atoms with van der Waals surface area (Å²) in [4.78, 5) is 18.1. The third-order valence-electron chi connectivity index (χ3n) is 3.07. The molecule has 0 radical (unpaired) electrons. The molecule has 0 fully saturated rings. The van der Waals surface area contributed by atoms with Crippen LogP contribution in [0.1, 0.15) is 5.69 Å². The molecule has 0 spiro atoms. The van der Waals surface area contributed by atoms with Crippen LogP contribution < -0.4 is 16.0 Å². The fourth-order valence-corrected chi connectivity index (χ4v) is 2.19. The summed E-state index contributed by atoms with van der Waals surface area (Å²) in [6.07, 6.45) is 0. The maximum atomic E-state index is 11.8. The number of hydrogen-bond donors (Lipinski definition) is 2. The minimum Gasteiger partial charge on any atom is -0.396 e. The van der Waals surface area contributed by atoms with Gasteiger partial charge in [0.1, 0.15) is 6.54 Å². The number of rotatable bonds is 1. The number of hydrogen-bond acceptors (Lipinski definition) is 4. The number of amides is 1. The van der Waals surface area contributed by atoms with Gasteiger partial charge < -0.3 is 16.0 Å². The van der Waals surface area contributed by atoms with E-state index in [1.165, 1.54) is 0 Å². The highest BCUT2D eigenvalue weighted by Crippen LogP contribution is 2.36. The normalized spacial score (nSPS) is 13.9. The lowest BCUT2D eigenvalue weighted by Crippen LogP contribution is -2.35. The molecule has 2 aromatic rings. The fraction of sp³-hybridized carbons (Fsp3) is 0.143. The Hall–Kier alpha value is -2.56. The Morgan fingerprint density at radius 1 is 1.26 bits per heavy atom. The van der Waals surface area contributed by atoms with Crippen LogP contribution in [0.3, 0.4) is 0 Å². The molecule has 5 nitrogen and oxygen atoms in total. The number of nitrogen functional groups attached to an aromatic ring is 1. The first kappa shape index (κ1) is 11.5. The Labute approximate surface area is 111 Å². The number of aryl methyl sites for hydroxylation is 1. The zero-order chi connectivity index (χ0) is 13.4. The number of nitrogens with zero attached hydrogens (tertiary/aromatic N) is 2. The molecule has 1 aliphatic rings. The first-order chi connectivity index (χ1) is 9.15. The van der Waals surface area contributed by atoms with E-state index < -0.39 is 0 Å². The summed E-state index contributed by atoms with van der Waals surface area (Å²) in [5.74, 6) is 0.559. The molecular weight excluding hydrogens is 240 g/mol. The van der Waals surface area contributed by atoms with E-state index in [1.807, 2.05) is 48.2 Å². The van der Waals surface area contributed by atoms with Gasteiger partial charge in [-0.15, -0.1) is 0 Å². The summed E-state index contributed by atoms with van der Waals surface area (Å²) >= 11 is 0. The van der Waals surface area contributed by atoms with Crippen molar-refractivity contribution in [1.29, 1.82) is 0 Å². The lowest BCUT2D eigenvalue weighted by Gasteiger charge is -2.30. The molecule has 0 atom stereocenters. The van der Waals surface area contributed by atoms with Crippen LogP contribution in [0.5, 0.6) is 0 Å². The van der Waals surface area contributed by atoms with Gasteiger partial charge in [-0.3, -0.25) is 4.79 Å². The molecule has 1 aromatic heterocycles. The summed E-state index contributed by atoms with van der Waals surface area (Å²) in [7, 11) is 0. The maximum absolute atomic E-state index is 11.8. The maximum Gasteiger partial charge on any atom is 0.244 e. The van der Waals surface area contributed by atoms with Crippen LogP contribution >= 0.6 is 0 Å². The van der Waals surface area contributed by atoms with Crippen LogP contribution in [-0.2, 0) is 4.79 Å². The molecule has 96 valence electrons. The van der Waals surface area contributed by atoms with Gasteiger partial charge in [-0.2, -0.15) is 0 Å². The van der Waals surface area contributed by atoms with Gasteiger partial charge in [-0.25, -0.2) is 4.98 Å². The Kier molecular flexibility index (Phi) is 2.59. The summed E-state index contributed by atoms with van der Waals surface area (Å²) in [5, 5.41) is 2.84. The Balaban J connectivity index is 2.15. The van der Waals surface area contributed by atoms with Gasteiger partial charge in [0.15, 0.2) is 5.82 Å². The van der Waals surface area contributed by atoms with E-state index in [9.17, 15) is 4.79 Å². The van der Waals surface area contributed by atoms with Crippen molar-refractivity contribution in [3.8, 4) is 0 Å². The Morgan fingerprint density at radius 3 is 2.89 bits per heavy atom. The molecule has 5 heteroatoms. The van der Waals surface area contributed by atoms with Crippen LogP contribution in [-0.4, -0.2) is 17.4 Å². The summed E-state index contributed by atoms with van der Waals surface area (Å²) in [5.41, 5.74) is 9.11. The Bertz CT molecular complexity index is 654. The molecule has 3 rings (SSSR count). The summed E-state index contributed by atoms with van der Waals surface area (Å²) < 4.78 is 0. The molecule has 0 bridgehead atoms. The molecule has 0 saturated carbocycles. The number of anilines is 4. The van der Waals surface area contributed by atoms with E-state index in [-0.39, 0.29) is 12.5 Å². The number of carbonyl (C=O) groups excluding carboxylic acids is 1.